The molecule has 0 unspecified atom stereocenters. The van der Waals surface area contributed by atoms with Gasteiger partial charge >= 0.3 is 35.8 Å². The molecule has 2 spiro atoms. The van der Waals surface area contributed by atoms with Gasteiger partial charge in [-0.15, -0.1) is 0 Å². The number of benzene rings is 4. The van der Waals surface area contributed by atoms with Crippen molar-refractivity contribution in [2.24, 2.45) is 11.8 Å². The number of fused-ring (bicyclic) bond motifs is 2. The van der Waals surface area contributed by atoms with Crippen LogP contribution in [0, 0.1) is 11.8 Å². The van der Waals surface area contributed by atoms with Crippen molar-refractivity contribution in [2.75, 3.05) is 24.0 Å². The second-order valence-corrected chi connectivity index (χ2v) is 21.2. The summed E-state index contributed by atoms with van der Waals surface area (Å²) < 4.78 is 33.8. The van der Waals surface area contributed by atoms with Gasteiger partial charge in [-0.3, -0.25) is 0 Å². The molecule has 2 aliphatic carbocycles. The standard InChI is InChI=1S/C60H60N2O12/c1-57(2)45-11-7-9-13-47(45)61(35-37-15-19-41(20-16-37)51(63)69-5)49(57)25-23-43-53(65)71-59(72-54(43)66)31-27-39(28-32-59)40-29-33-60(34-30-40)73-55(67)44(56(68)74-60)24-26-50-58(3,4)46-12-8-10-14-48(46)62(50)36-38-17-21-42(22-18-38)52(64)70-6/h7-26,39-40H,27-36H2,1-6H3/b43-23?,44-24?,49-25-,50-26-. The van der Waals surface area contributed by atoms with Crippen LogP contribution in [-0.2, 0) is 71.5 Å². The van der Waals surface area contributed by atoms with Crippen molar-refractivity contribution in [2.45, 2.75) is 115 Å². The van der Waals surface area contributed by atoms with Gasteiger partial charge in [0.1, 0.15) is 11.1 Å². The number of methoxy groups -OCH3 is 2. The lowest BCUT2D eigenvalue weighted by molar-refractivity contribution is -0.255. The second-order valence-electron chi connectivity index (χ2n) is 21.2. The SMILES string of the molecule is COC(=O)c1ccc(CN2/C(=C\C=C3C(=O)OC4(CCC(C5CCC6(CC5)OC(=O)C(=C/C=C5\N(Cc7ccc(C(=O)OC)cc7)c7ccccc7C5(C)C)C(=O)O6)CC4)OC3=O)C(C)(C)c3ccccc32)cc1. The Kier molecular flexibility index (Phi) is 13.0. The van der Waals surface area contributed by atoms with Crippen LogP contribution in [0.1, 0.15) is 122 Å². The van der Waals surface area contributed by atoms with E-state index in [0.717, 1.165) is 45.0 Å². The van der Waals surface area contributed by atoms with Crippen LogP contribution in [-0.4, -0.2) is 61.6 Å². The summed E-state index contributed by atoms with van der Waals surface area (Å²) in [6.45, 7) is 9.33. The minimum absolute atomic E-state index is 0.182. The van der Waals surface area contributed by atoms with E-state index in [1.165, 1.54) is 26.4 Å². The molecule has 10 rings (SSSR count). The fourth-order valence-corrected chi connectivity index (χ4v) is 11.9. The predicted octanol–water partition coefficient (Wildman–Crippen LogP) is 10.1. The molecule has 0 N–H and O–H groups in total. The number of allylic oxidation sites excluding steroid dienone is 6. The van der Waals surface area contributed by atoms with Gasteiger partial charge in [0.05, 0.1) is 25.3 Å². The molecule has 2 saturated heterocycles. The molecule has 0 bridgehead atoms. The predicted molar refractivity (Wildman–Crippen MR) is 273 cm³/mol. The highest BCUT2D eigenvalue weighted by molar-refractivity contribution is 6.16. The van der Waals surface area contributed by atoms with Crippen molar-refractivity contribution in [3.8, 4) is 0 Å². The molecule has 4 fully saturated rings. The van der Waals surface area contributed by atoms with Crippen molar-refractivity contribution in [3.05, 3.63) is 177 Å². The van der Waals surface area contributed by atoms with Gasteiger partial charge in [-0.25, -0.2) is 28.8 Å². The van der Waals surface area contributed by atoms with Crippen molar-refractivity contribution >= 4 is 47.2 Å². The third kappa shape index (κ3) is 9.08. The first-order valence-corrected chi connectivity index (χ1v) is 25.3. The number of para-hydroxylation sites is 2. The summed E-state index contributed by atoms with van der Waals surface area (Å²) in [6, 6.07) is 30.6. The van der Waals surface area contributed by atoms with Gasteiger partial charge in [0, 0.05) is 72.4 Å². The van der Waals surface area contributed by atoms with Gasteiger partial charge < -0.3 is 38.2 Å². The summed E-state index contributed by atoms with van der Waals surface area (Å²) in [6.07, 6.45) is 10.6. The van der Waals surface area contributed by atoms with Crippen LogP contribution in [0.15, 0.2) is 144 Å². The minimum atomic E-state index is -1.35. The molecule has 14 nitrogen and oxygen atoms in total. The lowest BCUT2D eigenvalue weighted by atomic mass is 9.70. The maximum absolute atomic E-state index is 13.7. The maximum atomic E-state index is 13.7. The zero-order valence-corrected chi connectivity index (χ0v) is 42.6. The van der Waals surface area contributed by atoms with E-state index in [2.05, 4.69) is 49.6 Å². The Bertz CT molecular complexity index is 2820. The summed E-state index contributed by atoms with van der Waals surface area (Å²) >= 11 is 0. The monoisotopic (exact) mass is 1000 g/mol. The maximum Gasteiger partial charge on any atom is 0.348 e. The number of nitrogens with zero attached hydrogens (tertiary/aromatic N) is 2. The fourth-order valence-electron chi connectivity index (χ4n) is 11.9. The fraction of sp³-hybridized carbons (Fsp3) is 0.367. The third-order valence-corrected chi connectivity index (χ3v) is 16.1. The van der Waals surface area contributed by atoms with Gasteiger partial charge in [0.2, 0.25) is 0 Å². The number of carbonyl (C=O) groups excluding carboxylic acids is 6. The number of rotatable bonds is 9. The lowest BCUT2D eigenvalue weighted by Crippen LogP contribution is -2.51. The first-order chi connectivity index (χ1) is 35.4. The number of esters is 6. The normalized spacial score (nSPS) is 25.8. The molecule has 74 heavy (non-hydrogen) atoms. The Balaban J connectivity index is 0.763. The molecule has 4 aromatic carbocycles. The number of anilines is 2. The van der Waals surface area contributed by atoms with Crippen molar-refractivity contribution < 1.29 is 57.2 Å². The first kappa shape index (κ1) is 49.8. The summed E-state index contributed by atoms with van der Waals surface area (Å²) in [5.74, 6) is -5.97. The molecule has 382 valence electrons. The van der Waals surface area contributed by atoms with Gasteiger partial charge in [-0.05, 0) is 120 Å². The van der Waals surface area contributed by atoms with E-state index < -0.39 is 58.2 Å². The zero-order valence-electron chi connectivity index (χ0n) is 42.6. The molecule has 14 heteroatoms. The summed E-state index contributed by atoms with van der Waals surface area (Å²) in [4.78, 5) is 83.3. The van der Waals surface area contributed by atoms with Crippen LogP contribution >= 0.6 is 0 Å². The molecular weight excluding hydrogens is 941 g/mol. The van der Waals surface area contributed by atoms with Gasteiger partial charge in [-0.1, -0.05) is 88.4 Å². The molecule has 6 aliphatic rings. The quantitative estimate of drug-likeness (QED) is 0.0673. The van der Waals surface area contributed by atoms with Crippen molar-refractivity contribution in [1.82, 2.24) is 0 Å². The van der Waals surface area contributed by atoms with E-state index in [0.29, 0.717) is 75.6 Å². The van der Waals surface area contributed by atoms with Gasteiger partial charge in [0.15, 0.2) is 0 Å². The average molecular weight is 1000 g/mol. The highest BCUT2D eigenvalue weighted by atomic mass is 16.8. The zero-order chi connectivity index (χ0) is 52.2. The molecule has 0 aromatic heterocycles. The Hall–Kier alpha value is -7.74. The van der Waals surface area contributed by atoms with E-state index in [-0.39, 0.29) is 23.0 Å². The Labute approximate surface area is 430 Å². The molecule has 0 amide bonds. The third-order valence-electron chi connectivity index (χ3n) is 16.1. The summed E-state index contributed by atoms with van der Waals surface area (Å²) in [5.41, 5.74) is 7.39. The van der Waals surface area contributed by atoms with Gasteiger partial charge in [0.25, 0.3) is 11.6 Å². The first-order valence-electron chi connectivity index (χ1n) is 25.3. The van der Waals surface area contributed by atoms with E-state index in [9.17, 15) is 28.8 Å². The van der Waals surface area contributed by atoms with Crippen molar-refractivity contribution in [3.63, 3.8) is 0 Å². The Morgan fingerprint density at radius 1 is 0.500 bits per heavy atom. The molecule has 2 saturated carbocycles. The average Bonchev–Trinajstić information content (AvgIpc) is 3.73. The largest absolute Gasteiger partial charge is 0.465 e. The van der Waals surface area contributed by atoms with Crippen LogP contribution in [0.3, 0.4) is 0 Å². The van der Waals surface area contributed by atoms with E-state index in [1.807, 2.05) is 60.7 Å². The number of hydrogen-bond donors (Lipinski definition) is 0. The number of hydrogen-bond acceptors (Lipinski definition) is 14. The van der Waals surface area contributed by atoms with E-state index in [4.69, 9.17) is 28.4 Å². The second kappa shape index (κ2) is 19.3. The summed E-state index contributed by atoms with van der Waals surface area (Å²) in [5, 5.41) is 0. The molecule has 0 atom stereocenters. The topological polar surface area (TPSA) is 164 Å². The smallest absolute Gasteiger partial charge is 0.348 e. The molecule has 0 radical (unpaired) electrons. The number of carbonyl (C=O) groups is 6. The van der Waals surface area contributed by atoms with Crippen LogP contribution in [0.2, 0.25) is 0 Å². The molecule has 4 aromatic rings. The molecule has 4 heterocycles. The number of ether oxygens (including phenoxy) is 6. The molecular formula is C60H60N2O12. The van der Waals surface area contributed by atoms with Crippen LogP contribution < -0.4 is 9.80 Å². The van der Waals surface area contributed by atoms with Gasteiger partial charge in [-0.2, -0.15) is 0 Å². The highest BCUT2D eigenvalue weighted by Gasteiger charge is 2.53. The molecule has 4 aliphatic heterocycles. The lowest BCUT2D eigenvalue weighted by Gasteiger charge is -2.46. The minimum Gasteiger partial charge on any atom is -0.465 e. The van der Waals surface area contributed by atoms with E-state index >= 15 is 0 Å². The van der Waals surface area contributed by atoms with E-state index in [1.54, 1.807) is 36.4 Å². The Morgan fingerprint density at radius 3 is 1.15 bits per heavy atom. The summed E-state index contributed by atoms with van der Waals surface area (Å²) in [7, 11) is 2.69. The van der Waals surface area contributed by atoms with Crippen molar-refractivity contribution in [1.29, 1.82) is 0 Å². The Morgan fingerprint density at radius 2 is 0.824 bits per heavy atom. The van der Waals surface area contributed by atoms with Crippen LogP contribution in [0.4, 0.5) is 11.4 Å². The van der Waals surface area contributed by atoms with Crippen LogP contribution in [0.5, 0.6) is 0 Å². The van der Waals surface area contributed by atoms with Crippen LogP contribution in [0.25, 0.3) is 0 Å². The highest BCUT2D eigenvalue weighted by Crippen LogP contribution is 2.51.